The van der Waals surface area contributed by atoms with Gasteiger partial charge in [-0.15, -0.1) is 0 Å². The Bertz CT molecular complexity index is 2290. The van der Waals surface area contributed by atoms with Crippen LogP contribution in [0.3, 0.4) is 0 Å². The van der Waals surface area contributed by atoms with E-state index >= 15 is 0 Å². The third-order valence-electron chi connectivity index (χ3n) is 18.4. The van der Waals surface area contributed by atoms with Crippen molar-refractivity contribution < 1.29 is 183 Å². The maximum absolute atomic E-state index is 12.0. The number of aliphatic hydroxyl groups excluding tert-OH is 20. The van der Waals surface area contributed by atoms with Gasteiger partial charge in [0.1, 0.15) is 165 Å². The van der Waals surface area contributed by atoms with Crippen molar-refractivity contribution in [2.45, 2.75) is 339 Å². The fourth-order valence-electron chi connectivity index (χ4n) is 12.4. The third kappa shape index (κ3) is 15.0. The van der Waals surface area contributed by atoms with Gasteiger partial charge >= 0.3 is 0 Å². The highest BCUT2D eigenvalue weighted by Crippen LogP contribution is 2.40. The van der Waals surface area contributed by atoms with Crippen molar-refractivity contribution >= 4 is 0 Å². The number of ether oxygens (including phenoxy) is 17. The molecular formula is C54H92O37. The molecule has 0 aromatic rings. The van der Waals surface area contributed by atoms with Gasteiger partial charge in [0, 0.05) is 0 Å². The fourth-order valence-corrected chi connectivity index (χ4v) is 12.4. The molecule has 0 aliphatic carbocycles. The van der Waals surface area contributed by atoms with Gasteiger partial charge in [0.05, 0.1) is 54.9 Å². The van der Waals surface area contributed by atoms with Crippen LogP contribution in [-0.2, 0) is 80.5 Å². The molecular weight excluding hydrogens is 1240 g/mol. The second-order valence-electron chi connectivity index (χ2n) is 25.0. The Morgan fingerprint density at radius 1 is 0.154 bits per heavy atom. The molecule has 530 valence electrons. The first kappa shape index (κ1) is 73.8. The first-order chi connectivity index (χ1) is 42.6. The predicted molar refractivity (Wildman–Crippen MR) is 284 cm³/mol. The van der Waals surface area contributed by atoms with Gasteiger partial charge in [0.25, 0.3) is 0 Å². The van der Waals surface area contributed by atoms with Gasteiger partial charge in [-0.1, -0.05) is 0 Å². The van der Waals surface area contributed by atoms with E-state index in [-0.39, 0.29) is 0 Å². The van der Waals surface area contributed by atoms with Gasteiger partial charge < -0.3 is 183 Å². The lowest BCUT2D eigenvalue weighted by Crippen LogP contribution is -2.68. The van der Waals surface area contributed by atoms with Crippen LogP contribution in [0.4, 0.5) is 0 Å². The van der Waals surface area contributed by atoms with Crippen LogP contribution in [0, 0.1) is 0 Å². The molecule has 9 heterocycles. The highest BCUT2D eigenvalue weighted by Gasteiger charge is 2.59. The zero-order valence-electron chi connectivity index (χ0n) is 50.9. The van der Waals surface area contributed by atoms with Gasteiger partial charge in [0.15, 0.2) is 56.6 Å². The van der Waals surface area contributed by atoms with E-state index in [1.54, 1.807) is 0 Å². The topological polar surface area (TPSA) is 562 Å². The third-order valence-corrected chi connectivity index (χ3v) is 18.4. The first-order valence-corrected chi connectivity index (χ1v) is 30.4. The van der Waals surface area contributed by atoms with Crippen molar-refractivity contribution in [3.63, 3.8) is 0 Å². The summed E-state index contributed by atoms with van der Waals surface area (Å²) < 4.78 is 99.1. The molecule has 9 aliphatic heterocycles. The van der Waals surface area contributed by atoms with Crippen LogP contribution in [0.2, 0.25) is 0 Å². The average Bonchev–Trinajstić information content (AvgIpc) is 0.804. The summed E-state index contributed by atoms with van der Waals surface area (Å²) in [5, 5.41) is 223. The lowest BCUT2D eigenvalue weighted by Gasteiger charge is -2.50. The van der Waals surface area contributed by atoms with Crippen LogP contribution >= 0.6 is 0 Å². The zero-order chi connectivity index (χ0) is 67.0. The van der Waals surface area contributed by atoms with Gasteiger partial charge in [-0.05, 0) is 62.3 Å². The highest BCUT2D eigenvalue weighted by molar-refractivity contribution is 5.01. The van der Waals surface area contributed by atoms with Crippen LogP contribution in [0.15, 0.2) is 0 Å². The first-order valence-electron chi connectivity index (χ1n) is 30.4. The summed E-state index contributed by atoms with van der Waals surface area (Å²) >= 11 is 0. The molecule has 91 heavy (non-hydrogen) atoms. The van der Waals surface area contributed by atoms with E-state index < -0.39 is 276 Å². The summed E-state index contributed by atoms with van der Waals surface area (Å²) in [5.74, 6) is 0. The number of hydrogen-bond donors (Lipinski definition) is 20. The van der Waals surface area contributed by atoms with Crippen molar-refractivity contribution in [3.8, 4) is 0 Å². The molecule has 0 radical (unpaired) electrons. The SMILES string of the molecule is C[C@@H]1O[C@@H](O[C@@H]2[C@@H](O)[C@H](C)O[C@@H](O[C@H]3[C@H](O[C@@H]4[C@@H](O)[C@H](C)O[C@@H](O[C@@H]5[C@@H](O)[C@H](C)O[C@@H](O[C@H]6[C@H](O[C@@H]7[C@@H](O)[C@H](C)O[C@@H](O[C@@H]8[C@@H](O)[C@H](C)O[C@@H](O[C@@H]9[C@H](O)[C@@H](O)[C@H](C)O[C@H]9O)[C@@H]8O)[C@@H]7O)O[C@@H](C)[C@H](O)[C@H]6O)[C@@H]5O)[C@@H]4O)O[C@@H](C)[C@H](O)[C@H]3O)[C@@H]2O)[C@H](O)[C@H](O)[C@H]1O. The lowest BCUT2D eigenvalue weighted by atomic mass is 9.95. The molecule has 45 atom stereocenters. The minimum atomic E-state index is -2.14. The van der Waals surface area contributed by atoms with Crippen LogP contribution in [0.1, 0.15) is 62.3 Å². The molecule has 0 aromatic heterocycles. The van der Waals surface area contributed by atoms with E-state index in [9.17, 15) is 102 Å². The van der Waals surface area contributed by atoms with E-state index in [0.717, 1.165) is 0 Å². The van der Waals surface area contributed by atoms with Crippen LogP contribution < -0.4 is 0 Å². The van der Waals surface area contributed by atoms with Crippen molar-refractivity contribution in [1.82, 2.24) is 0 Å². The maximum Gasteiger partial charge on any atom is 0.187 e. The van der Waals surface area contributed by atoms with Crippen LogP contribution in [0.25, 0.3) is 0 Å². The summed E-state index contributed by atoms with van der Waals surface area (Å²) in [6, 6.07) is 0. The molecule has 0 spiro atoms. The van der Waals surface area contributed by atoms with Crippen molar-refractivity contribution in [3.05, 3.63) is 0 Å². The molecule has 20 N–H and O–H groups in total. The quantitative estimate of drug-likeness (QED) is 0.0682. The molecule has 37 heteroatoms. The average molecular weight is 1330 g/mol. The van der Waals surface area contributed by atoms with Crippen molar-refractivity contribution in [2.75, 3.05) is 0 Å². The largest absolute Gasteiger partial charge is 0.388 e. The Morgan fingerprint density at radius 3 is 0.604 bits per heavy atom. The normalized spacial score (nSPS) is 57.8. The maximum atomic E-state index is 12.0. The predicted octanol–water partition coefficient (Wildman–Crippen LogP) is -11.4. The molecule has 0 amide bonds. The van der Waals surface area contributed by atoms with Crippen LogP contribution in [0.5, 0.6) is 0 Å². The van der Waals surface area contributed by atoms with E-state index in [1.165, 1.54) is 62.3 Å². The van der Waals surface area contributed by atoms with E-state index in [0.29, 0.717) is 0 Å². The summed E-state index contributed by atoms with van der Waals surface area (Å²) in [6.45, 7) is 12.1. The Kier molecular flexibility index (Phi) is 24.3. The second-order valence-corrected chi connectivity index (χ2v) is 25.0. The summed E-state index contributed by atoms with van der Waals surface area (Å²) in [4.78, 5) is 0. The fraction of sp³-hybridized carbons (Fsp3) is 1.00. The van der Waals surface area contributed by atoms with Gasteiger partial charge in [-0.3, -0.25) is 0 Å². The molecule has 9 rings (SSSR count). The molecule has 9 saturated heterocycles. The minimum absolute atomic E-state index is 1.01. The summed E-state index contributed by atoms with van der Waals surface area (Å²) in [6.07, 6.45) is -77.0. The molecule has 0 unspecified atom stereocenters. The Morgan fingerprint density at radius 2 is 0.330 bits per heavy atom. The summed E-state index contributed by atoms with van der Waals surface area (Å²) in [5.41, 5.74) is 0. The molecule has 9 fully saturated rings. The Hall–Kier alpha value is -1.48. The molecule has 9 aliphatic rings. The van der Waals surface area contributed by atoms with Gasteiger partial charge in [-0.25, -0.2) is 0 Å². The Balaban J connectivity index is 0.877. The molecule has 37 nitrogen and oxygen atoms in total. The number of rotatable bonds is 16. The number of aliphatic hydroxyl groups is 20. The molecule has 0 aromatic carbocycles. The second kappa shape index (κ2) is 29.9. The molecule has 0 bridgehead atoms. The van der Waals surface area contributed by atoms with E-state index in [1.807, 2.05) is 0 Å². The van der Waals surface area contributed by atoms with E-state index in [2.05, 4.69) is 0 Å². The van der Waals surface area contributed by atoms with Crippen LogP contribution in [-0.4, -0.2) is 378 Å². The van der Waals surface area contributed by atoms with Crippen molar-refractivity contribution in [2.24, 2.45) is 0 Å². The van der Waals surface area contributed by atoms with E-state index in [4.69, 9.17) is 80.5 Å². The van der Waals surface area contributed by atoms with Crippen molar-refractivity contribution in [1.29, 1.82) is 0 Å². The smallest absolute Gasteiger partial charge is 0.187 e. The standard InChI is InChI=1S/C54H92O37/c1-10-20(56)29(65)43(46(74)75-10)89-50-33(69)39(24(60)14(5)79-50)85-48-36(72)41(26(62)17(8)77-48)87-54-45(31(67)22(58)13(4)83-54)91-52-35(71)40(25(61)16(7)81-52)86-49-37(73)42(27(63)18(9)78-49)88-53-44(30(66)21(57)12(3)82-53)90-51-34(70)38(23(59)15(6)80-51)84-47-32(68)28(64)19(55)11(2)76-47/h10-74H,1-9H3/t10-,11-,12-,13-,14-,15-,16-,17-,18-,19-,20-,21-,22-,23-,24-,25-,26-,27-,28+,29+,30+,31+,32+,33+,34+,35+,36+,37+,38+,39+,40+,41+,42+,43+,44+,45+,46+,47-,48-,49-,50-,51-,52-,53-,54-/m0/s1. The van der Waals surface area contributed by atoms with Gasteiger partial charge in [0.2, 0.25) is 0 Å². The van der Waals surface area contributed by atoms with Gasteiger partial charge in [-0.2, -0.15) is 0 Å². The zero-order valence-corrected chi connectivity index (χ0v) is 50.9. The summed E-state index contributed by atoms with van der Waals surface area (Å²) in [7, 11) is 0. The lowest BCUT2D eigenvalue weighted by molar-refractivity contribution is -0.405. The number of hydrogen-bond acceptors (Lipinski definition) is 37. The Labute approximate surface area is 520 Å². The highest BCUT2D eigenvalue weighted by atomic mass is 16.8. The molecule has 0 saturated carbocycles. The minimum Gasteiger partial charge on any atom is -0.388 e. The monoisotopic (exact) mass is 1330 g/mol.